The van der Waals surface area contributed by atoms with Gasteiger partial charge in [0.25, 0.3) is 0 Å². The fourth-order valence-corrected chi connectivity index (χ4v) is 3.48. The summed E-state index contributed by atoms with van der Waals surface area (Å²) < 4.78 is 31.3. The molecule has 1 aromatic carbocycles. The van der Waals surface area contributed by atoms with Crippen LogP contribution in [0.2, 0.25) is 0 Å². The van der Waals surface area contributed by atoms with E-state index in [0.29, 0.717) is 12.2 Å². The molecule has 1 atom stereocenters. The monoisotopic (exact) mass is 316 g/mol. The van der Waals surface area contributed by atoms with E-state index in [9.17, 15) is 8.42 Å². The smallest absolute Gasteiger partial charge is 0.243 e. The molecule has 0 saturated heterocycles. The van der Waals surface area contributed by atoms with E-state index >= 15 is 0 Å². The molecule has 112 valence electrons. The number of rotatable bonds is 6. The Morgan fingerprint density at radius 2 is 2.10 bits per heavy atom. The number of thiocarbonyl (C=S) groups is 1. The van der Waals surface area contributed by atoms with Crippen LogP contribution in [0, 0.1) is 6.92 Å². The maximum atomic E-state index is 12.5. The number of aryl methyl sites for hydroxylation is 1. The van der Waals surface area contributed by atoms with Crippen molar-refractivity contribution in [3.8, 4) is 0 Å². The van der Waals surface area contributed by atoms with Gasteiger partial charge in [0.15, 0.2) is 0 Å². The number of hydrogen-bond donors (Lipinski definition) is 1. The molecule has 7 heteroatoms. The zero-order valence-electron chi connectivity index (χ0n) is 12.1. The van der Waals surface area contributed by atoms with E-state index in [1.54, 1.807) is 26.0 Å². The Kier molecular flexibility index (Phi) is 5.64. The van der Waals surface area contributed by atoms with Gasteiger partial charge in [-0.2, -0.15) is 4.31 Å². The van der Waals surface area contributed by atoms with Gasteiger partial charge in [0.2, 0.25) is 10.0 Å². The van der Waals surface area contributed by atoms with Crippen molar-refractivity contribution in [2.24, 2.45) is 5.73 Å². The maximum absolute atomic E-state index is 12.5. The zero-order valence-corrected chi connectivity index (χ0v) is 13.7. The number of nitrogens with zero attached hydrogens (tertiary/aromatic N) is 1. The summed E-state index contributed by atoms with van der Waals surface area (Å²) >= 11 is 4.92. The van der Waals surface area contributed by atoms with Gasteiger partial charge in [-0.1, -0.05) is 18.3 Å². The molecule has 1 aromatic rings. The molecule has 0 aliphatic heterocycles. The summed E-state index contributed by atoms with van der Waals surface area (Å²) in [5, 5.41) is 0. The minimum Gasteiger partial charge on any atom is -0.389 e. The molecule has 1 unspecified atom stereocenters. The van der Waals surface area contributed by atoms with E-state index in [2.05, 4.69) is 0 Å². The standard InChI is InChI=1S/C13H20N2O3S2/c1-9-7-11(5-6-12(9)13(14)19)20(16,17)15(3)10(2)8-18-4/h5-7,10H,8H2,1-4H3,(H2,14,19). The highest BCUT2D eigenvalue weighted by Gasteiger charge is 2.25. The first-order chi connectivity index (χ1) is 9.21. The molecule has 0 heterocycles. The highest BCUT2D eigenvalue weighted by atomic mass is 32.2. The zero-order chi connectivity index (χ0) is 15.5. The lowest BCUT2D eigenvalue weighted by Gasteiger charge is -2.24. The predicted octanol–water partition coefficient (Wildman–Crippen LogP) is 1.28. The van der Waals surface area contributed by atoms with Gasteiger partial charge in [0, 0.05) is 25.8 Å². The van der Waals surface area contributed by atoms with Crippen LogP contribution in [0.5, 0.6) is 0 Å². The van der Waals surface area contributed by atoms with Gasteiger partial charge in [-0.3, -0.25) is 0 Å². The normalized spacial score (nSPS) is 13.4. The maximum Gasteiger partial charge on any atom is 0.243 e. The van der Waals surface area contributed by atoms with Crippen LogP contribution < -0.4 is 5.73 Å². The molecule has 0 aliphatic carbocycles. The van der Waals surface area contributed by atoms with Gasteiger partial charge in [0.05, 0.1) is 11.5 Å². The van der Waals surface area contributed by atoms with Crippen molar-refractivity contribution >= 4 is 27.2 Å². The van der Waals surface area contributed by atoms with Gasteiger partial charge in [0.1, 0.15) is 4.99 Å². The second kappa shape index (κ2) is 6.62. The first-order valence-corrected chi connectivity index (χ1v) is 7.94. The molecule has 0 aliphatic rings. The van der Waals surface area contributed by atoms with Crippen LogP contribution in [0.3, 0.4) is 0 Å². The van der Waals surface area contributed by atoms with Crippen molar-refractivity contribution in [3.05, 3.63) is 29.3 Å². The second-order valence-electron chi connectivity index (χ2n) is 4.67. The molecule has 1 rings (SSSR count). The van der Waals surface area contributed by atoms with Crippen LogP contribution in [0.1, 0.15) is 18.1 Å². The summed E-state index contributed by atoms with van der Waals surface area (Å²) in [6, 6.07) is 4.49. The molecule has 2 N–H and O–H groups in total. The Bertz CT molecular complexity index is 600. The van der Waals surface area contributed by atoms with Crippen molar-refractivity contribution in [2.45, 2.75) is 24.8 Å². The van der Waals surface area contributed by atoms with Crippen molar-refractivity contribution in [1.82, 2.24) is 4.31 Å². The van der Waals surface area contributed by atoms with E-state index < -0.39 is 10.0 Å². The van der Waals surface area contributed by atoms with Crippen LogP contribution in [0.4, 0.5) is 0 Å². The van der Waals surface area contributed by atoms with Gasteiger partial charge >= 0.3 is 0 Å². The molecule has 0 saturated carbocycles. The Morgan fingerprint density at radius 1 is 1.50 bits per heavy atom. The molecule has 20 heavy (non-hydrogen) atoms. The number of nitrogens with two attached hydrogens (primary N) is 1. The topological polar surface area (TPSA) is 72.6 Å². The van der Waals surface area contributed by atoms with Crippen LogP contribution >= 0.6 is 12.2 Å². The highest BCUT2D eigenvalue weighted by Crippen LogP contribution is 2.20. The molecule has 0 radical (unpaired) electrons. The molecule has 0 fully saturated rings. The Hall–Kier alpha value is -1.02. The lowest BCUT2D eigenvalue weighted by Crippen LogP contribution is -2.37. The second-order valence-corrected chi connectivity index (χ2v) is 7.10. The van der Waals surface area contributed by atoms with E-state index in [-0.39, 0.29) is 15.9 Å². The van der Waals surface area contributed by atoms with Crippen molar-refractivity contribution in [3.63, 3.8) is 0 Å². The van der Waals surface area contributed by atoms with Gasteiger partial charge < -0.3 is 10.5 Å². The Balaban J connectivity index is 3.16. The molecule has 0 spiro atoms. The van der Waals surface area contributed by atoms with Crippen molar-refractivity contribution in [1.29, 1.82) is 0 Å². The summed E-state index contributed by atoms with van der Waals surface area (Å²) in [5.41, 5.74) is 7.00. The summed E-state index contributed by atoms with van der Waals surface area (Å²) in [4.78, 5) is 0.480. The first kappa shape index (κ1) is 17.0. The molecule has 0 aromatic heterocycles. The van der Waals surface area contributed by atoms with Gasteiger partial charge in [-0.25, -0.2) is 8.42 Å². The molecular weight excluding hydrogens is 296 g/mol. The van der Waals surface area contributed by atoms with E-state index in [1.165, 1.54) is 24.5 Å². The number of benzene rings is 1. The number of sulfonamides is 1. The first-order valence-electron chi connectivity index (χ1n) is 6.09. The average Bonchev–Trinajstić information content (AvgIpc) is 2.37. The number of ether oxygens (including phenoxy) is 1. The minimum absolute atomic E-state index is 0.223. The van der Waals surface area contributed by atoms with E-state index in [4.69, 9.17) is 22.7 Å². The van der Waals surface area contributed by atoms with Crippen LogP contribution in [0.25, 0.3) is 0 Å². The lowest BCUT2D eigenvalue weighted by atomic mass is 10.1. The molecular formula is C13H20N2O3S2. The number of methoxy groups -OCH3 is 1. The predicted molar refractivity (Wildman–Crippen MR) is 83.4 cm³/mol. The van der Waals surface area contributed by atoms with Gasteiger partial charge in [-0.05, 0) is 31.5 Å². The minimum atomic E-state index is -3.56. The van der Waals surface area contributed by atoms with Crippen molar-refractivity contribution in [2.75, 3.05) is 20.8 Å². The lowest BCUT2D eigenvalue weighted by molar-refractivity contribution is 0.149. The largest absolute Gasteiger partial charge is 0.389 e. The quantitative estimate of drug-likeness (QED) is 0.801. The third kappa shape index (κ3) is 3.54. The number of hydrogen-bond acceptors (Lipinski definition) is 4. The van der Waals surface area contributed by atoms with Crippen LogP contribution in [-0.2, 0) is 14.8 Å². The molecule has 5 nitrogen and oxygen atoms in total. The summed E-state index contributed by atoms with van der Waals surface area (Å²) in [6.07, 6.45) is 0. The average molecular weight is 316 g/mol. The summed E-state index contributed by atoms with van der Waals surface area (Å²) in [7, 11) is -0.479. The third-order valence-corrected chi connectivity index (χ3v) is 5.36. The summed E-state index contributed by atoms with van der Waals surface area (Å²) in [6.45, 7) is 3.91. The van der Waals surface area contributed by atoms with Crippen LogP contribution in [0.15, 0.2) is 23.1 Å². The van der Waals surface area contributed by atoms with Gasteiger partial charge in [-0.15, -0.1) is 0 Å². The number of likely N-dealkylation sites (N-methyl/N-ethyl adjacent to an activating group) is 1. The summed E-state index contributed by atoms with van der Waals surface area (Å²) in [5.74, 6) is 0. The fourth-order valence-electron chi connectivity index (χ4n) is 1.82. The SMILES string of the molecule is COCC(C)N(C)S(=O)(=O)c1ccc(C(N)=S)c(C)c1. The highest BCUT2D eigenvalue weighted by molar-refractivity contribution is 7.89. The Morgan fingerprint density at radius 3 is 2.55 bits per heavy atom. The fraction of sp³-hybridized carbons (Fsp3) is 0.462. The van der Waals surface area contributed by atoms with E-state index in [0.717, 1.165) is 5.56 Å². The van der Waals surface area contributed by atoms with Crippen LogP contribution in [-0.4, -0.2) is 44.5 Å². The van der Waals surface area contributed by atoms with E-state index in [1.807, 2.05) is 0 Å². The van der Waals surface area contributed by atoms with Crippen molar-refractivity contribution < 1.29 is 13.2 Å². The third-order valence-electron chi connectivity index (χ3n) is 3.17. The Labute approximate surface area is 125 Å². The molecule has 0 bridgehead atoms. The molecule has 0 amide bonds.